The molecule has 1 aliphatic rings. The highest BCUT2D eigenvalue weighted by Crippen LogP contribution is 2.11. The second kappa shape index (κ2) is 7.30. The van der Waals surface area contributed by atoms with E-state index in [1.165, 1.54) is 6.26 Å². The molecule has 7 heteroatoms. The van der Waals surface area contributed by atoms with Gasteiger partial charge in [0, 0.05) is 26.1 Å². The molecule has 2 atom stereocenters. The van der Waals surface area contributed by atoms with Crippen molar-refractivity contribution in [2.45, 2.75) is 38.8 Å². The Labute approximate surface area is 135 Å². The zero-order chi connectivity index (χ0) is 17.0. The highest BCUT2D eigenvalue weighted by Gasteiger charge is 2.29. The maximum atomic E-state index is 12.5. The molecule has 1 aromatic rings. The minimum atomic E-state index is -0.657. The number of furan rings is 1. The minimum absolute atomic E-state index is 0.0723. The molecule has 23 heavy (non-hydrogen) atoms. The Morgan fingerprint density at radius 1 is 1.39 bits per heavy atom. The van der Waals surface area contributed by atoms with Gasteiger partial charge in [0.25, 0.3) is 5.91 Å². The third-order valence-electron chi connectivity index (χ3n) is 3.95. The number of amides is 3. The van der Waals surface area contributed by atoms with Crippen molar-refractivity contribution < 1.29 is 18.8 Å². The van der Waals surface area contributed by atoms with Gasteiger partial charge in [-0.05, 0) is 24.5 Å². The standard InChI is InChI=1S/C16H23N3O4/c1-10(2)14(18-15(21)12-5-4-8-23-12)16(22)17-11-6-7-13(20)19(3)9-11/h4-5,8,10-11,14H,6-7,9H2,1-3H3,(H,17,22)(H,18,21). The molecular formula is C16H23N3O4. The number of rotatable bonds is 5. The van der Waals surface area contributed by atoms with Crippen molar-refractivity contribution in [1.82, 2.24) is 15.5 Å². The first-order valence-electron chi connectivity index (χ1n) is 7.77. The lowest BCUT2D eigenvalue weighted by Crippen LogP contribution is -2.55. The van der Waals surface area contributed by atoms with Crippen LogP contribution in [-0.2, 0) is 9.59 Å². The monoisotopic (exact) mass is 321 g/mol. The largest absolute Gasteiger partial charge is 0.459 e. The van der Waals surface area contributed by atoms with E-state index in [2.05, 4.69) is 10.6 Å². The molecule has 1 aliphatic heterocycles. The number of nitrogens with one attached hydrogen (secondary N) is 2. The van der Waals surface area contributed by atoms with E-state index in [4.69, 9.17) is 4.42 Å². The topological polar surface area (TPSA) is 91.6 Å². The van der Waals surface area contributed by atoms with Crippen molar-refractivity contribution in [1.29, 1.82) is 0 Å². The Kier molecular flexibility index (Phi) is 5.41. The predicted molar refractivity (Wildman–Crippen MR) is 83.6 cm³/mol. The summed E-state index contributed by atoms with van der Waals surface area (Å²) < 4.78 is 5.04. The van der Waals surface area contributed by atoms with Crippen LogP contribution in [0.5, 0.6) is 0 Å². The van der Waals surface area contributed by atoms with E-state index in [1.807, 2.05) is 13.8 Å². The van der Waals surface area contributed by atoms with Gasteiger partial charge in [-0.2, -0.15) is 0 Å². The Hall–Kier alpha value is -2.31. The van der Waals surface area contributed by atoms with Crippen LogP contribution in [0.25, 0.3) is 0 Å². The number of hydrogen-bond acceptors (Lipinski definition) is 4. The van der Waals surface area contributed by atoms with E-state index in [-0.39, 0.29) is 29.5 Å². The van der Waals surface area contributed by atoms with E-state index < -0.39 is 11.9 Å². The smallest absolute Gasteiger partial charge is 0.287 e. The molecule has 0 spiro atoms. The van der Waals surface area contributed by atoms with Crippen LogP contribution in [0.3, 0.4) is 0 Å². The normalized spacial score (nSPS) is 19.6. The van der Waals surface area contributed by atoms with Gasteiger partial charge in [-0.25, -0.2) is 0 Å². The van der Waals surface area contributed by atoms with Crippen LogP contribution < -0.4 is 10.6 Å². The average molecular weight is 321 g/mol. The lowest BCUT2D eigenvalue weighted by Gasteiger charge is -2.32. The Bertz CT molecular complexity index is 568. The number of piperidine rings is 1. The fourth-order valence-corrected chi connectivity index (χ4v) is 2.58. The van der Waals surface area contributed by atoms with E-state index in [1.54, 1.807) is 24.1 Å². The van der Waals surface area contributed by atoms with Crippen LogP contribution in [0, 0.1) is 5.92 Å². The summed E-state index contributed by atoms with van der Waals surface area (Å²) in [6.45, 7) is 4.22. The van der Waals surface area contributed by atoms with Crippen molar-refractivity contribution in [3.63, 3.8) is 0 Å². The van der Waals surface area contributed by atoms with Gasteiger partial charge in [-0.3, -0.25) is 14.4 Å². The van der Waals surface area contributed by atoms with E-state index in [0.717, 1.165) is 0 Å². The first-order chi connectivity index (χ1) is 10.9. The van der Waals surface area contributed by atoms with Gasteiger partial charge in [0.2, 0.25) is 11.8 Å². The van der Waals surface area contributed by atoms with E-state index >= 15 is 0 Å². The quantitative estimate of drug-likeness (QED) is 0.838. The summed E-state index contributed by atoms with van der Waals surface area (Å²) in [5.41, 5.74) is 0. The van der Waals surface area contributed by atoms with Crippen LogP contribution in [0.4, 0.5) is 0 Å². The second-order valence-corrected chi connectivity index (χ2v) is 6.19. The Morgan fingerprint density at radius 3 is 2.70 bits per heavy atom. The van der Waals surface area contributed by atoms with Gasteiger partial charge in [-0.15, -0.1) is 0 Å². The summed E-state index contributed by atoms with van der Waals surface area (Å²) >= 11 is 0. The minimum Gasteiger partial charge on any atom is -0.459 e. The van der Waals surface area contributed by atoms with Crippen LogP contribution >= 0.6 is 0 Å². The first kappa shape index (κ1) is 17.1. The molecule has 2 heterocycles. The molecule has 7 nitrogen and oxygen atoms in total. The van der Waals surface area contributed by atoms with Crippen molar-refractivity contribution in [3.05, 3.63) is 24.2 Å². The highest BCUT2D eigenvalue weighted by atomic mass is 16.3. The van der Waals surface area contributed by atoms with E-state index in [0.29, 0.717) is 19.4 Å². The maximum Gasteiger partial charge on any atom is 0.287 e. The van der Waals surface area contributed by atoms with E-state index in [9.17, 15) is 14.4 Å². The average Bonchev–Trinajstić information content (AvgIpc) is 3.02. The van der Waals surface area contributed by atoms with Gasteiger partial charge >= 0.3 is 0 Å². The molecule has 2 rings (SSSR count). The summed E-state index contributed by atoms with van der Waals surface area (Å²) in [5, 5.41) is 5.63. The van der Waals surface area contributed by atoms with Crippen LogP contribution in [0.15, 0.2) is 22.8 Å². The van der Waals surface area contributed by atoms with Crippen molar-refractivity contribution >= 4 is 17.7 Å². The van der Waals surface area contributed by atoms with Gasteiger partial charge in [-0.1, -0.05) is 13.8 Å². The van der Waals surface area contributed by atoms with Crippen molar-refractivity contribution in [2.75, 3.05) is 13.6 Å². The predicted octanol–water partition coefficient (Wildman–Crippen LogP) is 0.771. The highest BCUT2D eigenvalue weighted by molar-refractivity contribution is 5.95. The first-order valence-corrected chi connectivity index (χ1v) is 7.77. The number of hydrogen-bond donors (Lipinski definition) is 2. The molecule has 1 saturated heterocycles. The van der Waals surface area contributed by atoms with Gasteiger partial charge in [0.05, 0.1) is 6.26 Å². The van der Waals surface area contributed by atoms with Crippen LogP contribution in [0.1, 0.15) is 37.2 Å². The molecular weight excluding hydrogens is 298 g/mol. The van der Waals surface area contributed by atoms with Crippen LogP contribution in [-0.4, -0.2) is 48.3 Å². The number of carbonyl (C=O) groups excluding carboxylic acids is 3. The Morgan fingerprint density at radius 2 is 2.13 bits per heavy atom. The zero-order valence-corrected chi connectivity index (χ0v) is 13.7. The second-order valence-electron chi connectivity index (χ2n) is 6.19. The van der Waals surface area contributed by atoms with Gasteiger partial charge < -0.3 is 20.0 Å². The van der Waals surface area contributed by atoms with Crippen LogP contribution in [0.2, 0.25) is 0 Å². The summed E-state index contributed by atoms with van der Waals surface area (Å²) in [6, 6.07) is 2.42. The molecule has 0 aromatic carbocycles. The number of carbonyl (C=O) groups is 3. The third-order valence-corrected chi connectivity index (χ3v) is 3.95. The Balaban J connectivity index is 1.96. The maximum absolute atomic E-state index is 12.5. The molecule has 2 unspecified atom stereocenters. The summed E-state index contributed by atoms with van der Waals surface area (Å²) in [5.74, 6) is -0.474. The third kappa shape index (κ3) is 4.34. The molecule has 0 radical (unpaired) electrons. The molecule has 126 valence electrons. The summed E-state index contributed by atoms with van der Waals surface area (Å²) in [4.78, 5) is 37.7. The van der Waals surface area contributed by atoms with Gasteiger partial charge in [0.15, 0.2) is 5.76 Å². The molecule has 1 fully saturated rings. The summed E-state index contributed by atoms with van der Waals surface area (Å²) in [7, 11) is 1.72. The molecule has 0 bridgehead atoms. The lowest BCUT2D eigenvalue weighted by molar-refractivity contribution is -0.134. The fourth-order valence-electron chi connectivity index (χ4n) is 2.58. The molecule has 0 aliphatic carbocycles. The van der Waals surface area contributed by atoms with Crippen molar-refractivity contribution in [2.24, 2.45) is 5.92 Å². The molecule has 1 aromatic heterocycles. The molecule has 3 amide bonds. The number of likely N-dealkylation sites (tertiary alicyclic amines) is 1. The molecule has 0 saturated carbocycles. The van der Waals surface area contributed by atoms with Gasteiger partial charge in [0.1, 0.15) is 6.04 Å². The SMILES string of the molecule is CC(C)C(NC(=O)c1ccco1)C(=O)NC1CCC(=O)N(C)C1. The molecule has 2 N–H and O–H groups in total. The summed E-state index contributed by atoms with van der Waals surface area (Å²) in [6.07, 6.45) is 2.45. The van der Waals surface area contributed by atoms with Crippen molar-refractivity contribution in [3.8, 4) is 0 Å². The fraction of sp³-hybridized carbons (Fsp3) is 0.562. The number of likely N-dealkylation sites (N-methyl/N-ethyl adjacent to an activating group) is 1. The zero-order valence-electron chi connectivity index (χ0n) is 13.7. The lowest BCUT2D eigenvalue weighted by atomic mass is 10.0. The number of nitrogens with zero attached hydrogens (tertiary/aromatic N) is 1.